The molecule has 0 amide bonds. The molecule has 4 aliphatic carbocycles. The molecule has 2 unspecified atom stereocenters. The lowest BCUT2D eigenvalue weighted by Gasteiger charge is -2.34. The molecule has 0 spiro atoms. The van der Waals surface area contributed by atoms with E-state index in [2.05, 4.69) is 5.32 Å². The lowest BCUT2D eigenvalue weighted by molar-refractivity contribution is 0.233. The maximum atomic E-state index is 13.2. The second kappa shape index (κ2) is 3.80. The van der Waals surface area contributed by atoms with Crippen LogP contribution in [0.5, 0.6) is 0 Å². The van der Waals surface area contributed by atoms with E-state index in [4.69, 9.17) is 0 Å². The minimum Gasteiger partial charge on any atom is -0.307 e. The minimum atomic E-state index is -0.121. The van der Waals surface area contributed by atoms with Crippen molar-refractivity contribution in [3.63, 3.8) is 0 Å². The Morgan fingerprint density at radius 1 is 1.17 bits per heavy atom. The quantitative estimate of drug-likeness (QED) is 0.859. The van der Waals surface area contributed by atoms with Gasteiger partial charge in [-0.15, -0.1) is 0 Å². The summed E-state index contributed by atoms with van der Waals surface area (Å²) in [6.07, 6.45) is 7.08. The molecule has 96 valence electrons. The second-order valence-corrected chi connectivity index (χ2v) is 6.68. The summed E-state index contributed by atoms with van der Waals surface area (Å²) in [5.74, 6) is 2.73. The topological polar surface area (TPSA) is 12.0 Å². The average molecular weight is 245 g/mol. The van der Waals surface area contributed by atoms with Gasteiger partial charge in [-0.1, -0.05) is 12.1 Å². The highest BCUT2D eigenvalue weighted by molar-refractivity contribution is 5.18. The molecular weight excluding hydrogens is 225 g/mol. The Morgan fingerprint density at radius 3 is 2.67 bits per heavy atom. The molecule has 1 N–H and O–H groups in total. The fourth-order valence-corrected chi connectivity index (χ4v) is 5.01. The van der Waals surface area contributed by atoms with Crippen molar-refractivity contribution >= 4 is 0 Å². The zero-order valence-corrected chi connectivity index (χ0v) is 10.7. The average Bonchev–Trinajstić information content (AvgIpc) is 2.73. The van der Waals surface area contributed by atoms with E-state index in [-0.39, 0.29) is 5.82 Å². The highest BCUT2D eigenvalue weighted by Crippen LogP contribution is 2.60. The summed E-state index contributed by atoms with van der Waals surface area (Å²) in [6, 6.07) is 7.00. The summed E-state index contributed by atoms with van der Waals surface area (Å²) in [4.78, 5) is 0. The van der Waals surface area contributed by atoms with Crippen molar-refractivity contribution in [2.24, 2.45) is 17.8 Å². The van der Waals surface area contributed by atoms with Crippen molar-refractivity contribution in [1.29, 1.82) is 0 Å². The van der Waals surface area contributed by atoms with Crippen molar-refractivity contribution in [2.45, 2.75) is 44.2 Å². The van der Waals surface area contributed by atoms with Crippen LogP contribution in [-0.4, -0.2) is 5.54 Å². The molecule has 2 atom stereocenters. The van der Waals surface area contributed by atoms with Crippen molar-refractivity contribution in [3.05, 3.63) is 35.6 Å². The van der Waals surface area contributed by atoms with Crippen LogP contribution in [0.3, 0.4) is 0 Å². The van der Waals surface area contributed by atoms with Gasteiger partial charge in [0, 0.05) is 12.1 Å². The third kappa shape index (κ3) is 1.62. The van der Waals surface area contributed by atoms with Gasteiger partial charge in [0.1, 0.15) is 5.82 Å². The molecule has 4 bridgehead atoms. The predicted molar refractivity (Wildman–Crippen MR) is 69.5 cm³/mol. The van der Waals surface area contributed by atoms with E-state index in [9.17, 15) is 4.39 Å². The van der Waals surface area contributed by atoms with Gasteiger partial charge in [0.15, 0.2) is 0 Å². The molecule has 1 nitrogen and oxygen atoms in total. The van der Waals surface area contributed by atoms with Gasteiger partial charge in [0.25, 0.3) is 0 Å². The van der Waals surface area contributed by atoms with Crippen molar-refractivity contribution in [2.75, 3.05) is 0 Å². The van der Waals surface area contributed by atoms with Gasteiger partial charge < -0.3 is 5.32 Å². The standard InChI is InChI=1S/C16H20FN/c17-15-3-1-2-11(7-15)10-18-16-8-12-4-13(9-16)6-14(16)5-12/h1-3,7,12-14,18H,4-6,8-10H2. The first-order chi connectivity index (χ1) is 8.73. The summed E-state index contributed by atoms with van der Waals surface area (Å²) in [6.45, 7) is 0.827. The number of nitrogens with one attached hydrogen (secondary N) is 1. The molecule has 0 saturated heterocycles. The Kier molecular flexibility index (Phi) is 2.32. The van der Waals surface area contributed by atoms with Crippen LogP contribution >= 0.6 is 0 Å². The van der Waals surface area contributed by atoms with E-state index in [0.29, 0.717) is 5.54 Å². The predicted octanol–water partition coefficient (Wildman–Crippen LogP) is 3.49. The molecular formula is C16H20FN. The van der Waals surface area contributed by atoms with Crippen LogP contribution < -0.4 is 5.32 Å². The Morgan fingerprint density at radius 2 is 1.94 bits per heavy atom. The summed E-state index contributed by atoms with van der Waals surface area (Å²) < 4.78 is 13.2. The molecule has 0 radical (unpaired) electrons. The molecule has 18 heavy (non-hydrogen) atoms. The lowest BCUT2D eigenvalue weighted by atomic mass is 9.80. The first kappa shape index (κ1) is 11.0. The van der Waals surface area contributed by atoms with E-state index in [1.165, 1.54) is 38.2 Å². The maximum Gasteiger partial charge on any atom is 0.123 e. The van der Waals surface area contributed by atoms with Gasteiger partial charge >= 0.3 is 0 Å². The van der Waals surface area contributed by atoms with Crippen LogP contribution in [0.15, 0.2) is 24.3 Å². The van der Waals surface area contributed by atoms with Gasteiger partial charge in [-0.05, 0) is 67.6 Å². The molecule has 2 heteroatoms. The minimum absolute atomic E-state index is 0.121. The number of hydrogen-bond donors (Lipinski definition) is 1. The highest BCUT2D eigenvalue weighted by atomic mass is 19.1. The zero-order chi connectivity index (χ0) is 12.2. The van der Waals surface area contributed by atoms with E-state index in [1.54, 1.807) is 6.07 Å². The largest absolute Gasteiger partial charge is 0.307 e. The van der Waals surface area contributed by atoms with Crippen LogP contribution in [0.1, 0.15) is 37.7 Å². The first-order valence-corrected chi connectivity index (χ1v) is 7.23. The second-order valence-electron chi connectivity index (χ2n) is 6.68. The van der Waals surface area contributed by atoms with Gasteiger partial charge in [-0.2, -0.15) is 0 Å². The third-order valence-corrected chi connectivity index (χ3v) is 5.52. The number of hydrogen-bond acceptors (Lipinski definition) is 1. The summed E-state index contributed by atoms with van der Waals surface area (Å²) in [5.41, 5.74) is 1.48. The van der Waals surface area contributed by atoms with Crippen molar-refractivity contribution in [3.8, 4) is 0 Å². The Hall–Kier alpha value is -0.890. The summed E-state index contributed by atoms with van der Waals surface area (Å²) in [5, 5.41) is 3.79. The smallest absolute Gasteiger partial charge is 0.123 e. The van der Waals surface area contributed by atoms with Crippen molar-refractivity contribution < 1.29 is 4.39 Å². The fraction of sp³-hybridized carbons (Fsp3) is 0.625. The van der Waals surface area contributed by atoms with Crippen LogP contribution in [0.4, 0.5) is 4.39 Å². The molecule has 4 aliphatic rings. The van der Waals surface area contributed by atoms with E-state index in [1.807, 2.05) is 12.1 Å². The highest BCUT2D eigenvalue weighted by Gasteiger charge is 2.57. The fourth-order valence-electron chi connectivity index (χ4n) is 5.01. The molecule has 4 saturated carbocycles. The van der Waals surface area contributed by atoms with Gasteiger partial charge in [0.05, 0.1) is 0 Å². The molecule has 1 aromatic carbocycles. The lowest BCUT2D eigenvalue weighted by Crippen LogP contribution is -2.45. The number of rotatable bonds is 3. The molecule has 1 aromatic rings. The Labute approximate surface area is 108 Å². The molecule has 4 fully saturated rings. The van der Waals surface area contributed by atoms with E-state index >= 15 is 0 Å². The SMILES string of the molecule is Fc1cccc(CNC23CC4CC(CC2C4)C3)c1. The molecule has 0 heterocycles. The van der Waals surface area contributed by atoms with Crippen LogP contribution in [-0.2, 0) is 6.54 Å². The van der Waals surface area contributed by atoms with Gasteiger partial charge in [0.2, 0.25) is 0 Å². The number of halogens is 1. The normalized spacial score (nSPS) is 40.6. The third-order valence-electron chi connectivity index (χ3n) is 5.52. The van der Waals surface area contributed by atoms with Crippen molar-refractivity contribution in [1.82, 2.24) is 5.32 Å². The summed E-state index contributed by atoms with van der Waals surface area (Å²) in [7, 11) is 0. The molecule has 5 rings (SSSR count). The first-order valence-electron chi connectivity index (χ1n) is 7.23. The Balaban J connectivity index is 1.49. The Bertz CT molecular complexity index is 456. The zero-order valence-electron chi connectivity index (χ0n) is 10.7. The van der Waals surface area contributed by atoms with Gasteiger partial charge in [-0.25, -0.2) is 4.39 Å². The van der Waals surface area contributed by atoms with Crippen LogP contribution in [0.2, 0.25) is 0 Å². The van der Waals surface area contributed by atoms with E-state index < -0.39 is 0 Å². The monoisotopic (exact) mass is 245 g/mol. The molecule has 0 aromatic heterocycles. The maximum absolute atomic E-state index is 13.2. The molecule has 0 aliphatic heterocycles. The van der Waals surface area contributed by atoms with Crippen LogP contribution in [0.25, 0.3) is 0 Å². The number of benzene rings is 1. The van der Waals surface area contributed by atoms with E-state index in [0.717, 1.165) is 29.9 Å². The van der Waals surface area contributed by atoms with Crippen LogP contribution in [0, 0.1) is 23.6 Å². The summed E-state index contributed by atoms with van der Waals surface area (Å²) >= 11 is 0. The van der Waals surface area contributed by atoms with Gasteiger partial charge in [-0.3, -0.25) is 0 Å².